The molecule has 0 aliphatic rings. The minimum Gasteiger partial charge on any atom is -0.497 e. The molecule has 4 aromatic rings. The van der Waals surface area contributed by atoms with Crippen LogP contribution >= 0.6 is 23.2 Å². The molecule has 2 N–H and O–H groups in total. The number of benzene rings is 3. The van der Waals surface area contributed by atoms with Gasteiger partial charge in [-0.2, -0.15) is 0 Å². The van der Waals surface area contributed by atoms with Gasteiger partial charge in [-0.15, -0.1) is 0 Å². The van der Waals surface area contributed by atoms with Crippen molar-refractivity contribution in [2.45, 2.75) is 11.4 Å². The average Bonchev–Trinajstić information content (AvgIpc) is 3.05. The Hall–Kier alpha value is -4.46. The number of rotatable bonds is 13. The fourth-order valence-corrected chi connectivity index (χ4v) is 6.32. The van der Waals surface area contributed by atoms with Crippen LogP contribution in [0, 0.1) is 5.82 Å². The molecule has 0 saturated heterocycles. The second kappa shape index (κ2) is 15.2. The summed E-state index contributed by atoms with van der Waals surface area (Å²) in [6, 6.07) is 16.7. The lowest BCUT2D eigenvalue weighted by molar-refractivity contribution is 0.151. The maximum Gasteiger partial charge on any atom is 0.406 e. The summed E-state index contributed by atoms with van der Waals surface area (Å²) in [6.07, 6.45) is 0.866. The summed E-state index contributed by atoms with van der Waals surface area (Å²) in [6.45, 7) is 0.164. The number of hydrogen-bond donors (Lipinski definition) is 2. The van der Waals surface area contributed by atoms with Crippen molar-refractivity contribution in [2.75, 3.05) is 56.0 Å². The number of methoxy groups -OCH3 is 2. The van der Waals surface area contributed by atoms with E-state index in [-0.39, 0.29) is 29.7 Å². The Bertz CT molecular complexity index is 1800. The molecule has 244 valence electrons. The molecule has 0 aliphatic carbocycles. The van der Waals surface area contributed by atoms with Gasteiger partial charge in [0, 0.05) is 43.0 Å². The van der Waals surface area contributed by atoms with Gasteiger partial charge < -0.3 is 29.7 Å². The van der Waals surface area contributed by atoms with E-state index in [0.29, 0.717) is 40.0 Å². The number of halogens is 3. The number of likely N-dealkylation sites (N-methyl/N-ethyl adjacent to an activating group) is 1. The number of anilines is 4. The van der Waals surface area contributed by atoms with Gasteiger partial charge in [0.15, 0.2) is 0 Å². The molecule has 0 saturated carbocycles. The molecule has 0 spiro atoms. The van der Waals surface area contributed by atoms with Crippen molar-refractivity contribution in [1.82, 2.24) is 10.3 Å². The van der Waals surface area contributed by atoms with Crippen molar-refractivity contribution in [3.8, 4) is 11.5 Å². The second-order valence-corrected chi connectivity index (χ2v) is 12.4. The van der Waals surface area contributed by atoms with Gasteiger partial charge in [0.25, 0.3) is 10.0 Å². The van der Waals surface area contributed by atoms with Crippen LogP contribution in [-0.2, 0) is 21.3 Å². The number of pyridine rings is 1. The van der Waals surface area contributed by atoms with E-state index >= 15 is 4.39 Å². The van der Waals surface area contributed by atoms with Gasteiger partial charge in [0.2, 0.25) is 0 Å². The molecule has 4 rings (SSSR count). The molecule has 46 heavy (non-hydrogen) atoms. The van der Waals surface area contributed by atoms with Crippen molar-refractivity contribution in [3.05, 3.63) is 94.4 Å². The van der Waals surface area contributed by atoms with Gasteiger partial charge in [0.05, 0.1) is 49.4 Å². The first-order chi connectivity index (χ1) is 22.0. The van der Waals surface area contributed by atoms with Crippen LogP contribution < -0.4 is 29.3 Å². The Kier molecular flexibility index (Phi) is 11.4. The number of aromatic nitrogens is 1. The Labute approximate surface area is 276 Å². The van der Waals surface area contributed by atoms with Crippen LogP contribution in [0.1, 0.15) is 5.56 Å². The van der Waals surface area contributed by atoms with Crippen LogP contribution in [0.2, 0.25) is 10.0 Å². The van der Waals surface area contributed by atoms with Crippen LogP contribution in [0.3, 0.4) is 0 Å². The molecular formula is C31H32Cl2FN5O6S. The third kappa shape index (κ3) is 8.03. The van der Waals surface area contributed by atoms with Crippen LogP contribution in [0.4, 0.5) is 32.1 Å². The Morgan fingerprint density at radius 1 is 1.00 bits per heavy atom. The van der Waals surface area contributed by atoms with Crippen LogP contribution in [0.5, 0.6) is 11.5 Å². The first-order valence-corrected chi connectivity index (χ1v) is 15.9. The standard InChI is InChI=1S/C31H32Cl2FN5O6S/c1-35-31(40)45-14-13-38(2)27-15-21(32)9-11-25(27)37-26-18-24(34)29(17-23(26)33)46(41,42)39(30-7-5-6-12-36-30)19-20-8-10-22(43-3)16-28(20)44-4/h5-12,15-18,37H,13-14,19H2,1-4H3,(H,35,40). The highest BCUT2D eigenvalue weighted by atomic mass is 35.5. The van der Waals surface area contributed by atoms with Crippen LogP contribution in [-0.4, -0.2) is 61.0 Å². The van der Waals surface area contributed by atoms with E-state index in [4.69, 9.17) is 37.4 Å². The number of nitrogens with zero attached hydrogens (tertiary/aromatic N) is 3. The monoisotopic (exact) mass is 691 g/mol. The first kappa shape index (κ1) is 34.4. The van der Waals surface area contributed by atoms with Gasteiger partial charge in [-0.05, 0) is 48.5 Å². The van der Waals surface area contributed by atoms with Crippen molar-refractivity contribution in [3.63, 3.8) is 0 Å². The zero-order valence-electron chi connectivity index (χ0n) is 25.4. The van der Waals surface area contributed by atoms with Gasteiger partial charge in [-0.25, -0.2) is 26.9 Å². The third-order valence-corrected chi connectivity index (χ3v) is 9.12. The Morgan fingerprint density at radius 3 is 2.46 bits per heavy atom. The summed E-state index contributed by atoms with van der Waals surface area (Å²) in [5, 5.41) is 5.81. The van der Waals surface area contributed by atoms with Crippen LogP contribution in [0.25, 0.3) is 0 Å². The van der Waals surface area contributed by atoms with Crippen molar-refractivity contribution >= 4 is 62.2 Å². The lowest BCUT2D eigenvalue weighted by atomic mass is 10.2. The number of sulfonamides is 1. The normalized spacial score (nSPS) is 11.0. The SMILES string of the molecule is CNC(=O)OCCN(C)c1cc(Cl)ccc1Nc1cc(F)c(S(=O)(=O)N(Cc2ccc(OC)cc2OC)c2ccccn2)cc1Cl. The van der Waals surface area contributed by atoms with Gasteiger partial charge in [-0.1, -0.05) is 29.3 Å². The van der Waals surface area contributed by atoms with E-state index < -0.39 is 26.8 Å². The smallest absolute Gasteiger partial charge is 0.406 e. The number of amides is 1. The molecule has 11 nitrogen and oxygen atoms in total. The van der Waals surface area contributed by atoms with Crippen molar-refractivity contribution in [1.29, 1.82) is 0 Å². The molecule has 15 heteroatoms. The second-order valence-electron chi connectivity index (χ2n) is 9.73. The van der Waals surface area contributed by atoms with E-state index in [1.54, 1.807) is 60.5 Å². The molecule has 0 atom stereocenters. The quantitative estimate of drug-likeness (QED) is 0.162. The van der Waals surface area contributed by atoms with E-state index in [1.807, 2.05) is 0 Å². The zero-order valence-corrected chi connectivity index (χ0v) is 27.7. The fourth-order valence-electron chi connectivity index (χ4n) is 4.41. The molecule has 0 unspecified atom stereocenters. The van der Waals surface area contributed by atoms with E-state index in [0.717, 1.165) is 16.4 Å². The lowest BCUT2D eigenvalue weighted by Gasteiger charge is -2.25. The largest absolute Gasteiger partial charge is 0.497 e. The van der Waals surface area contributed by atoms with E-state index in [2.05, 4.69) is 15.6 Å². The summed E-state index contributed by atoms with van der Waals surface area (Å²) < 4.78 is 60.8. The molecular weight excluding hydrogens is 660 g/mol. The summed E-state index contributed by atoms with van der Waals surface area (Å²) in [5.74, 6) is -0.0943. The van der Waals surface area contributed by atoms with Gasteiger partial charge >= 0.3 is 6.09 Å². The minimum atomic E-state index is -4.56. The lowest BCUT2D eigenvalue weighted by Crippen LogP contribution is -2.32. The highest BCUT2D eigenvalue weighted by Crippen LogP contribution is 2.37. The summed E-state index contributed by atoms with van der Waals surface area (Å²) in [5.41, 5.74) is 1.68. The number of carbonyl (C=O) groups is 1. The van der Waals surface area contributed by atoms with E-state index in [1.165, 1.54) is 33.5 Å². The predicted molar refractivity (Wildman–Crippen MR) is 177 cm³/mol. The number of ether oxygens (including phenoxy) is 3. The maximum absolute atomic E-state index is 15.8. The van der Waals surface area contributed by atoms with Crippen molar-refractivity contribution in [2.24, 2.45) is 0 Å². The Balaban J connectivity index is 1.68. The molecule has 1 amide bonds. The molecule has 1 aromatic heterocycles. The maximum atomic E-state index is 15.8. The highest BCUT2D eigenvalue weighted by Gasteiger charge is 2.31. The molecule has 1 heterocycles. The summed E-state index contributed by atoms with van der Waals surface area (Å²) in [7, 11) is 1.61. The van der Waals surface area contributed by atoms with Crippen molar-refractivity contribution < 1.29 is 31.8 Å². The average molecular weight is 693 g/mol. The highest BCUT2D eigenvalue weighted by molar-refractivity contribution is 7.92. The van der Waals surface area contributed by atoms with E-state index in [9.17, 15) is 13.2 Å². The summed E-state index contributed by atoms with van der Waals surface area (Å²) >= 11 is 12.8. The topological polar surface area (TPSA) is 122 Å². The molecule has 0 fully saturated rings. The molecule has 0 radical (unpaired) electrons. The number of hydrogen-bond acceptors (Lipinski definition) is 9. The Morgan fingerprint density at radius 2 is 1.78 bits per heavy atom. The minimum absolute atomic E-state index is 0.0607. The van der Waals surface area contributed by atoms with Crippen LogP contribution in [0.15, 0.2) is 77.8 Å². The molecule has 0 aliphatic heterocycles. The number of carbonyl (C=O) groups excluding carboxylic acids is 1. The number of alkyl carbamates (subject to hydrolysis) is 1. The molecule has 0 bridgehead atoms. The predicted octanol–water partition coefficient (Wildman–Crippen LogP) is 6.48. The zero-order chi connectivity index (χ0) is 33.4. The fraction of sp³-hybridized carbons (Fsp3) is 0.226. The van der Waals surface area contributed by atoms with Gasteiger partial charge in [0.1, 0.15) is 34.6 Å². The first-order valence-electron chi connectivity index (χ1n) is 13.7. The van der Waals surface area contributed by atoms with Gasteiger partial charge in [-0.3, -0.25) is 0 Å². The molecule has 3 aromatic carbocycles. The summed E-state index contributed by atoms with van der Waals surface area (Å²) in [4.78, 5) is 16.8. The third-order valence-electron chi connectivity index (χ3n) is 6.81. The number of nitrogens with one attached hydrogen (secondary N) is 2.